The van der Waals surface area contributed by atoms with Crippen LogP contribution in [0.2, 0.25) is 0 Å². The van der Waals surface area contributed by atoms with Gasteiger partial charge in [0.1, 0.15) is 23.8 Å². The molecule has 3 rings (SSSR count). The quantitative estimate of drug-likeness (QED) is 0.450. The summed E-state index contributed by atoms with van der Waals surface area (Å²) in [7, 11) is 0. The number of fused-ring (bicyclic) bond motifs is 1. The minimum absolute atomic E-state index is 0.00114. The molecule has 0 aliphatic heterocycles. The Morgan fingerprint density at radius 1 is 1.27 bits per heavy atom. The van der Waals surface area contributed by atoms with E-state index in [9.17, 15) is 13.6 Å². The van der Waals surface area contributed by atoms with Crippen LogP contribution in [0.15, 0.2) is 34.9 Å². The van der Waals surface area contributed by atoms with Crippen LogP contribution in [0.1, 0.15) is 21.5 Å². The minimum Gasteiger partial charge on any atom is -0.394 e. The summed E-state index contributed by atoms with van der Waals surface area (Å²) in [6, 6.07) is 5.74. The van der Waals surface area contributed by atoms with Crippen LogP contribution in [0.3, 0.4) is 0 Å². The third kappa shape index (κ3) is 3.82. The third-order valence-corrected chi connectivity index (χ3v) is 4.44. The Kier molecular flexibility index (Phi) is 5.75. The summed E-state index contributed by atoms with van der Waals surface area (Å²) in [6.45, 7) is -0.530. The summed E-state index contributed by atoms with van der Waals surface area (Å²) >= 11 is 3.20. The van der Waals surface area contributed by atoms with Gasteiger partial charge in [-0.3, -0.25) is 9.89 Å². The first kappa shape index (κ1) is 18.6. The Labute approximate surface area is 156 Å². The van der Waals surface area contributed by atoms with Crippen LogP contribution in [0, 0.1) is 11.6 Å². The predicted octanol–water partition coefficient (Wildman–Crippen LogP) is 3.39. The number of hydrogen-bond donors (Lipinski definition) is 2. The van der Waals surface area contributed by atoms with Gasteiger partial charge in [0.05, 0.1) is 19.4 Å². The van der Waals surface area contributed by atoms with Gasteiger partial charge in [-0.2, -0.15) is 5.10 Å². The van der Waals surface area contributed by atoms with Crippen molar-refractivity contribution < 1.29 is 23.4 Å². The minimum atomic E-state index is -0.622. The van der Waals surface area contributed by atoms with E-state index in [0.29, 0.717) is 21.0 Å². The Balaban J connectivity index is 2.06. The maximum absolute atomic E-state index is 14.3. The first-order valence-corrected chi connectivity index (χ1v) is 8.60. The van der Waals surface area contributed by atoms with E-state index in [-0.39, 0.29) is 37.3 Å². The Hall–Kier alpha value is -2.16. The lowest BCUT2D eigenvalue weighted by Gasteiger charge is -2.12. The molecule has 0 saturated carbocycles. The van der Waals surface area contributed by atoms with E-state index >= 15 is 0 Å². The van der Waals surface area contributed by atoms with E-state index < -0.39 is 17.4 Å². The van der Waals surface area contributed by atoms with Crippen LogP contribution in [-0.2, 0) is 11.2 Å². The highest BCUT2D eigenvalue weighted by Crippen LogP contribution is 2.28. The van der Waals surface area contributed by atoms with Gasteiger partial charge < -0.3 is 9.84 Å². The van der Waals surface area contributed by atoms with Gasteiger partial charge in [0.25, 0.3) is 0 Å². The Morgan fingerprint density at radius 2 is 2.08 bits per heavy atom. The SMILES string of the molecule is O=C(COCCO)c1cc(F)c2[nH]ncc2c1Cc1ccc(Br)cc1F. The number of ketones is 1. The molecule has 0 aliphatic carbocycles. The molecular weight excluding hydrogens is 410 g/mol. The largest absolute Gasteiger partial charge is 0.394 e. The number of Topliss-reactive ketones (excluding diaryl/α,β-unsaturated/α-hetero) is 1. The molecule has 0 bridgehead atoms. The van der Waals surface area contributed by atoms with Gasteiger partial charge in [0.15, 0.2) is 5.78 Å². The molecule has 0 saturated heterocycles. The molecule has 0 fully saturated rings. The second kappa shape index (κ2) is 8.03. The van der Waals surface area contributed by atoms with Crippen LogP contribution < -0.4 is 0 Å². The monoisotopic (exact) mass is 424 g/mol. The van der Waals surface area contributed by atoms with Gasteiger partial charge >= 0.3 is 0 Å². The molecule has 0 amide bonds. The number of aliphatic hydroxyl groups excluding tert-OH is 1. The summed E-state index contributed by atoms with van der Waals surface area (Å²) in [5.74, 6) is -1.51. The molecule has 2 N–H and O–H groups in total. The fourth-order valence-corrected chi connectivity index (χ4v) is 3.06. The van der Waals surface area contributed by atoms with Crippen molar-refractivity contribution in [1.82, 2.24) is 10.2 Å². The highest BCUT2D eigenvalue weighted by Gasteiger charge is 2.20. The van der Waals surface area contributed by atoms with Crippen molar-refractivity contribution in [2.24, 2.45) is 0 Å². The fraction of sp³-hybridized carbons (Fsp3) is 0.222. The average Bonchev–Trinajstić information content (AvgIpc) is 3.09. The van der Waals surface area contributed by atoms with E-state index in [1.165, 1.54) is 12.3 Å². The van der Waals surface area contributed by atoms with Gasteiger partial charge in [-0.15, -0.1) is 0 Å². The van der Waals surface area contributed by atoms with Crippen molar-refractivity contribution in [3.63, 3.8) is 0 Å². The van der Waals surface area contributed by atoms with Gasteiger partial charge in [-0.05, 0) is 29.3 Å². The first-order chi connectivity index (χ1) is 12.5. The first-order valence-electron chi connectivity index (χ1n) is 7.81. The van der Waals surface area contributed by atoms with Crippen molar-refractivity contribution in [1.29, 1.82) is 0 Å². The van der Waals surface area contributed by atoms with Crippen molar-refractivity contribution in [3.8, 4) is 0 Å². The number of nitrogens with one attached hydrogen (secondary N) is 1. The topological polar surface area (TPSA) is 75.2 Å². The zero-order valence-corrected chi connectivity index (χ0v) is 15.1. The predicted molar refractivity (Wildman–Crippen MR) is 95.2 cm³/mol. The maximum atomic E-state index is 14.3. The molecule has 5 nitrogen and oxygen atoms in total. The molecule has 1 heterocycles. The molecule has 0 unspecified atom stereocenters. The molecular formula is C18H15BrF2N2O3. The number of H-pyrrole nitrogens is 1. The molecule has 3 aromatic rings. The molecule has 0 spiro atoms. The van der Waals surface area contributed by atoms with Crippen LogP contribution >= 0.6 is 15.9 Å². The van der Waals surface area contributed by atoms with E-state index in [4.69, 9.17) is 9.84 Å². The second-order valence-electron chi connectivity index (χ2n) is 5.66. The lowest BCUT2D eigenvalue weighted by molar-refractivity contribution is 0.0663. The van der Waals surface area contributed by atoms with E-state index in [0.717, 1.165) is 6.07 Å². The summed E-state index contributed by atoms with van der Waals surface area (Å²) in [5, 5.41) is 15.6. The molecule has 26 heavy (non-hydrogen) atoms. The number of benzene rings is 2. The molecule has 1 aromatic heterocycles. The number of halogens is 3. The summed E-state index contributed by atoms with van der Waals surface area (Å²) < 4.78 is 34.2. The number of rotatable bonds is 7. The van der Waals surface area contributed by atoms with Crippen LogP contribution in [0.4, 0.5) is 8.78 Å². The molecule has 136 valence electrons. The Bertz CT molecular complexity index is 959. The number of hydrogen-bond acceptors (Lipinski definition) is 4. The summed E-state index contributed by atoms with van der Waals surface area (Å²) in [6.07, 6.45) is 1.51. The van der Waals surface area contributed by atoms with Gasteiger partial charge in [-0.1, -0.05) is 22.0 Å². The number of nitrogens with zero attached hydrogens (tertiary/aromatic N) is 1. The third-order valence-electron chi connectivity index (χ3n) is 3.95. The van der Waals surface area contributed by atoms with Crippen LogP contribution in [-0.4, -0.2) is 40.9 Å². The molecule has 0 aliphatic rings. The van der Waals surface area contributed by atoms with Gasteiger partial charge in [0.2, 0.25) is 0 Å². The standard InChI is InChI=1S/C18H15BrF2N2O3/c19-11-2-1-10(15(20)6-11)5-12-13(17(25)9-26-4-3-24)7-16(21)18-14(12)8-22-23-18/h1-2,6-8,24H,3-5,9H2,(H,22,23). The number of carbonyl (C=O) groups excluding carboxylic acids is 1. The lowest BCUT2D eigenvalue weighted by Crippen LogP contribution is -2.14. The summed E-state index contributed by atoms with van der Waals surface area (Å²) in [5.41, 5.74) is 1.10. The number of carbonyl (C=O) groups is 1. The zero-order chi connectivity index (χ0) is 18.7. The lowest BCUT2D eigenvalue weighted by atomic mass is 9.94. The highest BCUT2D eigenvalue weighted by molar-refractivity contribution is 9.10. The molecule has 8 heteroatoms. The maximum Gasteiger partial charge on any atom is 0.188 e. The number of aromatic amines is 1. The van der Waals surface area contributed by atoms with E-state index in [1.807, 2.05) is 0 Å². The normalized spacial score (nSPS) is 11.2. The summed E-state index contributed by atoms with van der Waals surface area (Å²) in [4.78, 5) is 12.5. The van der Waals surface area contributed by atoms with Crippen LogP contribution in [0.5, 0.6) is 0 Å². The van der Waals surface area contributed by atoms with Crippen molar-refractivity contribution in [3.05, 3.63) is 63.3 Å². The van der Waals surface area contributed by atoms with Crippen molar-refractivity contribution in [2.45, 2.75) is 6.42 Å². The number of aromatic nitrogens is 2. The number of ether oxygens (including phenoxy) is 1. The fourth-order valence-electron chi connectivity index (χ4n) is 2.73. The van der Waals surface area contributed by atoms with Crippen molar-refractivity contribution in [2.75, 3.05) is 19.8 Å². The van der Waals surface area contributed by atoms with Gasteiger partial charge in [0, 0.05) is 21.8 Å². The Morgan fingerprint density at radius 3 is 2.81 bits per heavy atom. The van der Waals surface area contributed by atoms with Crippen molar-refractivity contribution >= 4 is 32.6 Å². The molecule has 2 aromatic carbocycles. The van der Waals surface area contributed by atoms with E-state index in [2.05, 4.69) is 26.1 Å². The molecule has 0 atom stereocenters. The second-order valence-corrected chi connectivity index (χ2v) is 6.57. The molecule has 0 radical (unpaired) electrons. The average molecular weight is 425 g/mol. The zero-order valence-electron chi connectivity index (χ0n) is 13.6. The van der Waals surface area contributed by atoms with E-state index in [1.54, 1.807) is 12.1 Å². The number of aliphatic hydroxyl groups is 1. The smallest absolute Gasteiger partial charge is 0.188 e. The van der Waals surface area contributed by atoms with Crippen LogP contribution in [0.25, 0.3) is 10.9 Å². The highest BCUT2D eigenvalue weighted by atomic mass is 79.9. The van der Waals surface area contributed by atoms with Gasteiger partial charge in [-0.25, -0.2) is 8.78 Å².